The predicted octanol–water partition coefficient (Wildman–Crippen LogP) is 2.44. The normalized spacial score (nSPS) is 9.36. The summed E-state index contributed by atoms with van der Waals surface area (Å²) in [6, 6.07) is 4.98. The van der Waals surface area contributed by atoms with E-state index in [1.807, 2.05) is 0 Å². The molecule has 0 aromatic heterocycles. The van der Waals surface area contributed by atoms with E-state index in [0.717, 1.165) is 0 Å². The second-order valence-corrected chi connectivity index (χ2v) is 2.64. The quantitative estimate of drug-likeness (QED) is 0.728. The molecule has 0 radical (unpaired) electrons. The zero-order chi connectivity index (χ0) is 10.6. The second-order valence-electron chi connectivity index (χ2n) is 2.33. The van der Waals surface area contributed by atoms with Crippen molar-refractivity contribution in [2.75, 3.05) is 14.2 Å². The molecule has 76 valence electrons. The minimum absolute atomic E-state index is 0.178. The van der Waals surface area contributed by atoms with Gasteiger partial charge in [-0.15, -0.1) is 0 Å². The minimum Gasteiger partial charge on any atom is -0.493 e. The van der Waals surface area contributed by atoms with Crippen molar-refractivity contribution in [2.45, 2.75) is 0 Å². The van der Waals surface area contributed by atoms with E-state index in [1.165, 1.54) is 14.2 Å². The van der Waals surface area contributed by atoms with Gasteiger partial charge in [-0.05, 0) is 12.1 Å². The number of halogens is 1. The Bertz CT molecular complexity index is 315. The maximum Gasteiger partial charge on any atom is 0.409 e. The lowest BCUT2D eigenvalue weighted by atomic mass is 10.3. The highest BCUT2D eigenvalue weighted by Crippen LogP contribution is 2.37. The number of carbonyl (C=O) groups is 1. The maximum absolute atomic E-state index is 10.6. The van der Waals surface area contributed by atoms with E-state index in [4.69, 9.17) is 25.8 Å². The van der Waals surface area contributed by atoms with Gasteiger partial charge in [-0.2, -0.15) is 0 Å². The van der Waals surface area contributed by atoms with E-state index in [-0.39, 0.29) is 5.75 Å². The van der Waals surface area contributed by atoms with Crippen molar-refractivity contribution < 1.29 is 19.0 Å². The molecule has 1 aromatic carbocycles. The van der Waals surface area contributed by atoms with Crippen molar-refractivity contribution in [3.63, 3.8) is 0 Å². The summed E-state index contributed by atoms with van der Waals surface area (Å²) < 4.78 is 14.7. The van der Waals surface area contributed by atoms with Crippen molar-refractivity contribution in [3.8, 4) is 17.2 Å². The first kappa shape index (κ1) is 10.7. The molecule has 0 spiro atoms. The van der Waals surface area contributed by atoms with Crippen LogP contribution in [0.4, 0.5) is 4.79 Å². The van der Waals surface area contributed by atoms with Gasteiger partial charge in [0.05, 0.1) is 14.2 Å². The molecule has 0 aliphatic carbocycles. The Balaban J connectivity index is 3.12. The zero-order valence-corrected chi connectivity index (χ0v) is 8.50. The molecule has 14 heavy (non-hydrogen) atoms. The van der Waals surface area contributed by atoms with Gasteiger partial charge >= 0.3 is 5.43 Å². The molecule has 4 nitrogen and oxygen atoms in total. The van der Waals surface area contributed by atoms with Crippen LogP contribution in [0.15, 0.2) is 18.2 Å². The second kappa shape index (κ2) is 4.72. The summed E-state index contributed by atoms with van der Waals surface area (Å²) in [7, 11) is 2.92. The third-order valence-electron chi connectivity index (χ3n) is 1.56. The van der Waals surface area contributed by atoms with Gasteiger partial charge in [0.2, 0.25) is 5.75 Å². The van der Waals surface area contributed by atoms with E-state index in [2.05, 4.69) is 0 Å². The molecule has 0 atom stereocenters. The minimum atomic E-state index is -0.937. The van der Waals surface area contributed by atoms with Crippen molar-refractivity contribution >= 4 is 17.0 Å². The molecule has 0 saturated heterocycles. The van der Waals surface area contributed by atoms with Gasteiger partial charge in [0, 0.05) is 11.6 Å². The number of rotatable bonds is 3. The molecule has 0 heterocycles. The van der Waals surface area contributed by atoms with Gasteiger partial charge in [0.15, 0.2) is 11.5 Å². The lowest BCUT2D eigenvalue weighted by Crippen LogP contribution is -2.00. The number of hydrogen-bond donors (Lipinski definition) is 0. The summed E-state index contributed by atoms with van der Waals surface area (Å²) in [6.45, 7) is 0. The van der Waals surface area contributed by atoms with Crippen LogP contribution in [0, 0.1) is 0 Å². The summed E-state index contributed by atoms with van der Waals surface area (Å²) >= 11 is 5.10. The van der Waals surface area contributed by atoms with Crippen LogP contribution in [0.25, 0.3) is 0 Å². The van der Waals surface area contributed by atoms with Gasteiger partial charge in [0.1, 0.15) is 0 Å². The van der Waals surface area contributed by atoms with E-state index in [1.54, 1.807) is 18.2 Å². The summed E-state index contributed by atoms with van der Waals surface area (Å²) in [5.41, 5.74) is -0.937. The Kier molecular flexibility index (Phi) is 3.59. The topological polar surface area (TPSA) is 44.8 Å². The highest BCUT2D eigenvalue weighted by molar-refractivity contribution is 6.61. The average molecular weight is 217 g/mol. The number of methoxy groups -OCH3 is 2. The number of ether oxygens (including phenoxy) is 3. The van der Waals surface area contributed by atoms with E-state index in [9.17, 15) is 4.79 Å². The number of hydrogen-bond acceptors (Lipinski definition) is 4. The van der Waals surface area contributed by atoms with Crippen LogP contribution < -0.4 is 14.2 Å². The van der Waals surface area contributed by atoms with Gasteiger partial charge < -0.3 is 14.2 Å². The van der Waals surface area contributed by atoms with Crippen LogP contribution in [0.1, 0.15) is 0 Å². The summed E-state index contributed by atoms with van der Waals surface area (Å²) in [5.74, 6) is 0.953. The summed E-state index contributed by atoms with van der Waals surface area (Å²) in [6.07, 6.45) is 0. The van der Waals surface area contributed by atoms with Gasteiger partial charge in [0.25, 0.3) is 0 Å². The molecular formula is C9H9ClO4. The molecule has 0 amide bonds. The number of carbonyl (C=O) groups excluding carboxylic acids is 1. The molecule has 0 unspecified atom stereocenters. The van der Waals surface area contributed by atoms with Crippen LogP contribution >= 0.6 is 11.6 Å². The fourth-order valence-electron chi connectivity index (χ4n) is 0.998. The van der Waals surface area contributed by atoms with Crippen molar-refractivity contribution in [3.05, 3.63) is 18.2 Å². The Morgan fingerprint density at radius 3 is 2.07 bits per heavy atom. The third kappa shape index (κ3) is 2.29. The summed E-state index contributed by atoms with van der Waals surface area (Å²) in [5, 5.41) is 0. The van der Waals surface area contributed by atoms with Crippen LogP contribution in [-0.2, 0) is 0 Å². The third-order valence-corrected chi connectivity index (χ3v) is 1.64. The SMILES string of the molecule is COc1cccc(OC)c1OC(=O)Cl. The Morgan fingerprint density at radius 1 is 1.21 bits per heavy atom. The Labute approximate surface area is 86.3 Å². The Hall–Kier alpha value is -1.42. The van der Waals surface area contributed by atoms with Crippen LogP contribution in [0.5, 0.6) is 17.2 Å². The first-order valence-corrected chi connectivity index (χ1v) is 4.15. The largest absolute Gasteiger partial charge is 0.493 e. The number of benzene rings is 1. The molecule has 0 bridgehead atoms. The summed E-state index contributed by atoms with van der Waals surface area (Å²) in [4.78, 5) is 10.6. The number of para-hydroxylation sites is 1. The molecule has 0 aliphatic heterocycles. The van der Waals surface area contributed by atoms with E-state index in [0.29, 0.717) is 11.5 Å². The molecule has 0 N–H and O–H groups in total. The lowest BCUT2D eigenvalue weighted by Gasteiger charge is -2.10. The van der Waals surface area contributed by atoms with Gasteiger partial charge in [-0.1, -0.05) is 6.07 Å². The zero-order valence-electron chi connectivity index (χ0n) is 7.74. The molecule has 5 heteroatoms. The molecule has 0 saturated carbocycles. The molecule has 0 aliphatic rings. The standard InChI is InChI=1S/C9H9ClO4/c1-12-6-4-3-5-7(13-2)8(6)14-9(10)11/h3-5H,1-2H3. The average Bonchev–Trinajstić information content (AvgIpc) is 2.17. The van der Waals surface area contributed by atoms with E-state index < -0.39 is 5.43 Å². The van der Waals surface area contributed by atoms with Crippen LogP contribution in [0.3, 0.4) is 0 Å². The fourth-order valence-corrected chi connectivity index (χ4v) is 1.08. The van der Waals surface area contributed by atoms with Crippen molar-refractivity contribution in [2.24, 2.45) is 0 Å². The van der Waals surface area contributed by atoms with Crippen LogP contribution in [0.2, 0.25) is 0 Å². The molecule has 0 fully saturated rings. The molecule has 1 rings (SSSR count). The fraction of sp³-hybridized carbons (Fsp3) is 0.222. The Morgan fingerprint density at radius 2 is 1.71 bits per heavy atom. The lowest BCUT2D eigenvalue weighted by molar-refractivity contribution is 0.221. The predicted molar refractivity (Wildman–Crippen MR) is 51.4 cm³/mol. The van der Waals surface area contributed by atoms with Gasteiger partial charge in [-0.3, -0.25) is 0 Å². The van der Waals surface area contributed by atoms with Crippen LogP contribution in [-0.4, -0.2) is 19.6 Å². The van der Waals surface area contributed by atoms with Crippen molar-refractivity contribution in [1.82, 2.24) is 0 Å². The van der Waals surface area contributed by atoms with E-state index >= 15 is 0 Å². The smallest absolute Gasteiger partial charge is 0.409 e. The first-order chi connectivity index (χ1) is 6.69. The molecule has 1 aromatic rings. The maximum atomic E-state index is 10.6. The highest BCUT2D eigenvalue weighted by atomic mass is 35.5. The highest BCUT2D eigenvalue weighted by Gasteiger charge is 2.13. The monoisotopic (exact) mass is 216 g/mol. The first-order valence-electron chi connectivity index (χ1n) is 3.77. The molecular weight excluding hydrogens is 208 g/mol. The van der Waals surface area contributed by atoms with Crippen molar-refractivity contribution in [1.29, 1.82) is 0 Å². The van der Waals surface area contributed by atoms with Gasteiger partial charge in [-0.25, -0.2) is 4.79 Å².